The molecule has 3 rings (SSSR count). The van der Waals surface area contributed by atoms with Crippen molar-refractivity contribution >= 4 is 39.6 Å². The van der Waals surface area contributed by atoms with Gasteiger partial charge < -0.3 is 10.2 Å². The second-order valence-corrected chi connectivity index (χ2v) is 8.87. The van der Waals surface area contributed by atoms with E-state index < -0.39 is 6.04 Å². The number of amides is 4. The van der Waals surface area contributed by atoms with Crippen LogP contribution in [0.1, 0.15) is 38.7 Å². The Morgan fingerprint density at radius 3 is 2.26 bits per heavy atom. The molecule has 1 aliphatic carbocycles. The molecule has 1 aromatic rings. The zero-order chi connectivity index (χ0) is 22.5. The van der Waals surface area contributed by atoms with Gasteiger partial charge in [-0.1, -0.05) is 40.2 Å². The van der Waals surface area contributed by atoms with Crippen LogP contribution in [0.25, 0.3) is 0 Å². The van der Waals surface area contributed by atoms with Crippen LogP contribution in [0.2, 0.25) is 0 Å². The van der Waals surface area contributed by atoms with Crippen LogP contribution >= 0.6 is 15.9 Å². The highest BCUT2D eigenvalue weighted by atomic mass is 79.9. The highest BCUT2D eigenvalue weighted by molar-refractivity contribution is 9.10. The van der Waals surface area contributed by atoms with Gasteiger partial charge >= 0.3 is 0 Å². The van der Waals surface area contributed by atoms with Crippen molar-refractivity contribution in [1.82, 2.24) is 15.1 Å². The molecule has 166 valence electrons. The standard InChI is InChI=1S/C23H28BrN3O4/c1-3-25-21(29)15(2)27(14-16-8-10-17(24)11-9-16)20(28)12-13-26-22(30)18-6-4-5-7-19(18)23(26)31/h4-5,8-11,15,18-19H,3,6-7,12-14H2,1-2H3,(H,25,29)/t15?,18-,19+. The van der Waals surface area contributed by atoms with Crippen molar-refractivity contribution in [2.75, 3.05) is 13.1 Å². The second-order valence-electron chi connectivity index (χ2n) is 7.95. The number of nitrogens with zero attached hydrogens (tertiary/aromatic N) is 2. The van der Waals surface area contributed by atoms with E-state index >= 15 is 0 Å². The smallest absolute Gasteiger partial charge is 0.242 e. The summed E-state index contributed by atoms with van der Waals surface area (Å²) in [5.74, 6) is -1.50. The Morgan fingerprint density at radius 1 is 1.13 bits per heavy atom. The Morgan fingerprint density at radius 2 is 1.71 bits per heavy atom. The third-order valence-electron chi connectivity index (χ3n) is 5.93. The molecule has 1 fully saturated rings. The van der Waals surface area contributed by atoms with E-state index in [1.54, 1.807) is 6.92 Å². The van der Waals surface area contributed by atoms with E-state index in [9.17, 15) is 19.2 Å². The van der Waals surface area contributed by atoms with Crippen LogP contribution in [-0.2, 0) is 25.7 Å². The van der Waals surface area contributed by atoms with Crippen molar-refractivity contribution in [2.45, 2.75) is 45.7 Å². The molecule has 4 amide bonds. The highest BCUT2D eigenvalue weighted by Gasteiger charge is 2.47. The van der Waals surface area contributed by atoms with Crippen LogP contribution in [0.3, 0.4) is 0 Å². The van der Waals surface area contributed by atoms with Crippen molar-refractivity contribution in [3.05, 3.63) is 46.5 Å². The number of rotatable bonds is 8. The van der Waals surface area contributed by atoms with Gasteiger partial charge in [0.25, 0.3) is 0 Å². The lowest BCUT2D eigenvalue weighted by Crippen LogP contribution is -2.48. The van der Waals surface area contributed by atoms with Gasteiger partial charge in [-0.25, -0.2) is 0 Å². The minimum Gasteiger partial charge on any atom is -0.355 e. The number of halogens is 1. The third kappa shape index (κ3) is 5.23. The Labute approximate surface area is 191 Å². The first-order valence-electron chi connectivity index (χ1n) is 10.6. The molecule has 1 heterocycles. The number of likely N-dealkylation sites (N-methyl/N-ethyl adjacent to an activating group) is 1. The number of nitrogens with one attached hydrogen (secondary N) is 1. The van der Waals surface area contributed by atoms with Gasteiger partial charge in [-0.15, -0.1) is 0 Å². The molecule has 0 aromatic heterocycles. The maximum Gasteiger partial charge on any atom is 0.242 e. The summed E-state index contributed by atoms with van der Waals surface area (Å²) >= 11 is 3.39. The lowest BCUT2D eigenvalue weighted by Gasteiger charge is -2.29. The Bertz CT molecular complexity index is 857. The molecular weight excluding hydrogens is 462 g/mol. The fraction of sp³-hybridized carbons (Fsp3) is 0.478. The summed E-state index contributed by atoms with van der Waals surface area (Å²) in [5, 5.41) is 2.75. The minimum absolute atomic E-state index is 0.00930. The van der Waals surface area contributed by atoms with Crippen molar-refractivity contribution in [3.8, 4) is 0 Å². The molecule has 0 bridgehead atoms. The number of allylic oxidation sites excluding steroid dienone is 2. The molecule has 1 unspecified atom stereocenters. The summed E-state index contributed by atoms with van der Waals surface area (Å²) in [6.45, 7) is 4.29. The third-order valence-corrected chi connectivity index (χ3v) is 6.46. The van der Waals surface area contributed by atoms with Gasteiger partial charge in [0.1, 0.15) is 6.04 Å². The average Bonchev–Trinajstić information content (AvgIpc) is 3.01. The molecule has 3 atom stereocenters. The lowest BCUT2D eigenvalue weighted by molar-refractivity contribution is -0.143. The van der Waals surface area contributed by atoms with E-state index in [4.69, 9.17) is 0 Å². The molecule has 8 heteroatoms. The molecule has 1 aromatic carbocycles. The largest absolute Gasteiger partial charge is 0.355 e. The van der Waals surface area contributed by atoms with Gasteiger partial charge in [-0.3, -0.25) is 24.1 Å². The zero-order valence-electron chi connectivity index (χ0n) is 17.8. The van der Waals surface area contributed by atoms with Crippen molar-refractivity contribution < 1.29 is 19.2 Å². The topological polar surface area (TPSA) is 86.8 Å². The van der Waals surface area contributed by atoms with E-state index in [1.165, 1.54) is 9.80 Å². The van der Waals surface area contributed by atoms with Crippen molar-refractivity contribution in [1.29, 1.82) is 0 Å². The van der Waals surface area contributed by atoms with E-state index in [1.807, 2.05) is 43.3 Å². The Balaban J connectivity index is 1.70. The molecule has 7 nitrogen and oxygen atoms in total. The quantitative estimate of drug-likeness (QED) is 0.449. The fourth-order valence-corrected chi connectivity index (χ4v) is 4.40. The molecule has 1 aliphatic heterocycles. The van der Waals surface area contributed by atoms with E-state index in [-0.39, 0.29) is 55.0 Å². The first-order valence-corrected chi connectivity index (χ1v) is 11.4. The summed E-state index contributed by atoms with van der Waals surface area (Å²) in [6.07, 6.45) is 5.02. The molecular formula is C23H28BrN3O4. The molecule has 0 spiro atoms. The summed E-state index contributed by atoms with van der Waals surface area (Å²) in [5.41, 5.74) is 0.887. The Kier molecular flexibility index (Phi) is 7.64. The van der Waals surface area contributed by atoms with E-state index in [0.717, 1.165) is 10.0 Å². The number of benzene rings is 1. The predicted octanol–water partition coefficient (Wildman–Crippen LogP) is 2.64. The lowest BCUT2D eigenvalue weighted by atomic mass is 9.85. The van der Waals surface area contributed by atoms with Gasteiger partial charge in [0.15, 0.2) is 0 Å². The number of hydrogen-bond acceptors (Lipinski definition) is 4. The zero-order valence-corrected chi connectivity index (χ0v) is 19.4. The normalized spacial score (nSPS) is 21.1. The number of carbonyl (C=O) groups is 4. The van der Waals surface area contributed by atoms with Gasteiger partial charge in [-0.2, -0.15) is 0 Å². The number of carbonyl (C=O) groups excluding carboxylic acids is 4. The molecule has 1 N–H and O–H groups in total. The number of hydrogen-bond donors (Lipinski definition) is 1. The predicted molar refractivity (Wildman–Crippen MR) is 120 cm³/mol. The van der Waals surface area contributed by atoms with E-state index in [0.29, 0.717) is 19.4 Å². The van der Waals surface area contributed by atoms with Crippen LogP contribution in [0.4, 0.5) is 0 Å². The molecule has 0 radical (unpaired) electrons. The van der Waals surface area contributed by atoms with Crippen LogP contribution in [0, 0.1) is 11.8 Å². The second kappa shape index (κ2) is 10.2. The number of likely N-dealkylation sites (tertiary alicyclic amines) is 1. The summed E-state index contributed by atoms with van der Waals surface area (Å²) in [4.78, 5) is 53.6. The highest BCUT2D eigenvalue weighted by Crippen LogP contribution is 2.35. The number of fused-ring (bicyclic) bond motifs is 1. The maximum atomic E-state index is 13.1. The van der Waals surface area contributed by atoms with Crippen molar-refractivity contribution in [3.63, 3.8) is 0 Å². The van der Waals surface area contributed by atoms with Gasteiger partial charge in [0.2, 0.25) is 23.6 Å². The molecule has 31 heavy (non-hydrogen) atoms. The summed E-state index contributed by atoms with van der Waals surface area (Å²) < 4.78 is 0.924. The first-order chi connectivity index (χ1) is 14.8. The van der Waals surface area contributed by atoms with Gasteiger partial charge in [-0.05, 0) is 44.4 Å². The van der Waals surface area contributed by atoms with Gasteiger partial charge in [0.05, 0.1) is 11.8 Å². The van der Waals surface area contributed by atoms with Crippen molar-refractivity contribution in [2.24, 2.45) is 11.8 Å². The average molecular weight is 490 g/mol. The molecule has 0 saturated carbocycles. The first kappa shape index (κ1) is 23.2. The van der Waals surface area contributed by atoms with Crippen LogP contribution in [0.5, 0.6) is 0 Å². The van der Waals surface area contributed by atoms with Crippen LogP contribution in [0.15, 0.2) is 40.9 Å². The van der Waals surface area contributed by atoms with Crippen LogP contribution < -0.4 is 5.32 Å². The maximum absolute atomic E-state index is 13.1. The number of imide groups is 1. The fourth-order valence-electron chi connectivity index (χ4n) is 4.13. The SMILES string of the molecule is CCNC(=O)C(C)N(Cc1ccc(Br)cc1)C(=O)CCN1C(=O)[C@H]2CC=CC[C@H]2C1=O. The van der Waals surface area contributed by atoms with Crippen LogP contribution in [-0.4, -0.2) is 52.6 Å². The molecule has 2 aliphatic rings. The van der Waals surface area contributed by atoms with Gasteiger partial charge in [0, 0.05) is 30.5 Å². The minimum atomic E-state index is -0.673. The molecule has 1 saturated heterocycles. The monoisotopic (exact) mass is 489 g/mol. The Hall–Kier alpha value is -2.48. The summed E-state index contributed by atoms with van der Waals surface area (Å²) in [6, 6.07) is 6.87. The van der Waals surface area contributed by atoms with E-state index in [2.05, 4.69) is 21.2 Å². The summed E-state index contributed by atoms with van der Waals surface area (Å²) in [7, 11) is 0.